The molecule has 4 rings (SSSR count). The molecule has 0 amide bonds. The molecule has 1 heterocycles. The van der Waals surface area contributed by atoms with Crippen molar-refractivity contribution in [2.45, 2.75) is 18.2 Å². The molecule has 5 nitrogen and oxygen atoms in total. The van der Waals surface area contributed by atoms with Crippen LogP contribution in [-0.2, 0) is 16.4 Å². The number of nitrogens with zero attached hydrogens (tertiary/aromatic N) is 1. The van der Waals surface area contributed by atoms with E-state index in [1.54, 1.807) is 37.3 Å². The predicted molar refractivity (Wildman–Crippen MR) is 113 cm³/mol. The van der Waals surface area contributed by atoms with Gasteiger partial charge in [0.15, 0.2) is 11.7 Å². The Morgan fingerprint density at radius 2 is 1.67 bits per heavy atom. The Hall–Kier alpha value is -3.29. The summed E-state index contributed by atoms with van der Waals surface area (Å²) in [5, 5.41) is 5.41. The van der Waals surface area contributed by atoms with Crippen LogP contribution >= 0.6 is 0 Å². The Morgan fingerprint density at radius 3 is 2.37 bits per heavy atom. The summed E-state index contributed by atoms with van der Waals surface area (Å²) < 4.78 is 45.1. The molecule has 0 aliphatic carbocycles. The van der Waals surface area contributed by atoms with Crippen molar-refractivity contribution in [3.05, 3.63) is 95.6 Å². The van der Waals surface area contributed by atoms with E-state index in [4.69, 9.17) is 9.56 Å². The lowest BCUT2D eigenvalue weighted by atomic mass is 10.0. The standard InChI is InChI=1S/C23H19FN2O3S/c1-15-8-7-12-18(24)21(15)22-23(17-11-5-6-13-19(17)30(25,27)28)29-20(26-22)14-16-9-3-2-4-10-16/h2-13H,14H2,1H3,(H2,25,27,28). The van der Waals surface area contributed by atoms with Gasteiger partial charge in [-0.2, -0.15) is 0 Å². The van der Waals surface area contributed by atoms with Gasteiger partial charge in [-0.05, 0) is 36.2 Å². The van der Waals surface area contributed by atoms with Crippen molar-refractivity contribution in [1.82, 2.24) is 4.98 Å². The van der Waals surface area contributed by atoms with Crippen LogP contribution in [0.2, 0.25) is 0 Å². The fourth-order valence-corrected chi connectivity index (χ4v) is 4.13. The van der Waals surface area contributed by atoms with E-state index < -0.39 is 15.8 Å². The molecule has 0 saturated heterocycles. The van der Waals surface area contributed by atoms with Crippen LogP contribution in [0.5, 0.6) is 0 Å². The summed E-state index contributed by atoms with van der Waals surface area (Å²) in [7, 11) is -4.03. The highest BCUT2D eigenvalue weighted by Gasteiger charge is 2.25. The minimum Gasteiger partial charge on any atom is -0.440 e. The molecule has 4 aromatic rings. The maximum atomic E-state index is 14.8. The molecule has 0 saturated carbocycles. The summed E-state index contributed by atoms with van der Waals surface area (Å²) >= 11 is 0. The summed E-state index contributed by atoms with van der Waals surface area (Å²) in [6.07, 6.45) is 0.374. The molecule has 7 heteroatoms. The van der Waals surface area contributed by atoms with Crippen LogP contribution in [0.1, 0.15) is 17.0 Å². The molecule has 0 radical (unpaired) electrons. The average Bonchev–Trinajstić information content (AvgIpc) is 3.11. The number of aromatic nitrogens is 1. The Kier molecular flexibility index (Phi) is 5.24. The quantitative estimate of drug-likeness (QED) is 0.505. The molecule has 0 atom stereocenters. The van der Waals surface area contributed by atoms with Gasteiger partial charge >= 0.3 is 0 Å². The van der Waals surface area contributed by atoms with Gasteiger partial charge in [-0.25, -0.2) is 22.9 Å². The number of nitrogens with two attached hydrogens (primary N) is 1. The zero-order chi connectivity index (χ0) is 21.3. The van der Waals surface area contributed by atoms with Gasteiger partial charge in [-0.1, -0.05) is 54.6 Å². The van der Waals surface area contributed by atoms with Crippen molar-refractivity contribution < 1.29 is 17.2 Å². The van der Waals surface area contributed by atoms with Crippen molar-refractivity contribution in [3.63, 3.8) is 0 Å². The van der Waals surface area contributed by atoms with E-state index in [0.717, 1.165) is 5.56 Å². The minimum absolute atomic E-state index is 0.109. The van der Waals surface area contributed by atoms with E-state index in [1.807, 2.05) is 30.3 Å². The number of aryl methyl sites for hydroxylation is 1. The summed E-state index contributed by atoms with van der Waals surface area (Å²) in [6, 6.07) is 20.5. The summed E-state index contributed by atoms with van der Waals surface area (Å²) in [6.45, 7) is 1.76. The highest BCUT2D eigenvalue weighted by atomic mass is 32.2. The Balaban J connectivity index is 1.96. The molecule has 0 fully saturated rings. The van der Waals surface area contributed by atoms with Gasteiger partial charge in [-0.3, -0.25) is 0 Å². The first-order chi connectivity index (χ1) is 14.3. The maximum Gasteiger partial charge on any atom is 0.238 e. The van der Waals surface area contributed by atoms with Crippen LogP contribution in [0.4, 0.5) is 4.39 Å². The summed E-state index contributed by atoms with van der Waals surface area (Å²) in [5.74, 6) is 0.0423. The lowest BCUT2D eigenvalue weighted by Gasteiger charge is -2.09. The number of benzene rings is 3. The monoisotopic (exact) mass is 422 g/mol. The van der Waals surface area contributed by atoms with Crippen LogP contribution in [0, 0.1) is 12.7 Å². The fourth-order valence-electron chi connectivity index (χ4n) is 3.40. The van der Waals surface area contributed by atoms with E-state index in [9.17, 15) is 12.8 Å². The van der Waals surface area contributed by atoms with Crippen LogP contribution in [0.25, 0.3) is 22.6 Å². The third kappa shape index (κ3) is 3.90. The third-order valence-corrected chi connectivity index (χ3v) is 5.74. The minimum atomic E-state index is -4.03. The number of sulfonamides is 1. The largest absolute Gasteiger partial charge is 0.440 e. The first-order valence-corrected chi connectivity index (χ1v) is 10.8. The molecule has 152 valence electrons. The summed E-state index contributed by atoms with van der Waals surface area (Å²) in [5.41, 5.74) is 2.36. The normalized spacial score (nSPS) is 11.6. The molecule has 3 aromatic carbocycles. The zero-order valence-electron chi connectivity index (χ0n) is 16.2. The Bertz CT molecular complexity index is 1300. The zero-order valence-corrected chi connectivity index (χ0v) is 17.0. The second kappa shape index (κ2) is 7.85. The number of oxazole rings is 1. The van der Waals surface area contributed by atoms with Crippen molar-refractivity contribution in [1.29, 1.82) is 0 Å². The topological polar surface area (TPSA) is 86.2 Å². The van der Waals surface area contributed by atoms with Gasteiger partial charge in [0.2, 0.25) is 10.0 Å². The lowest BCUT2D eigenvalue weighted by molar-refractivity contribution is 0.517. The highest BCUT2D eigenvalue weighted by molar-refractivity contribution is 7.89. The Labute approximate surface area is 174 Å². The number of primary sulfonamides is 1. The SMILES string of the molecule is Cc1cccc(F)c1-c1nc(Cc2ccccc2)oc1-c1ccccc1S(N)(=O)=O. The van der Waals surface area contributed by atoms with Crippen molar-refractivity contribution in [2.24, 2.45) is 5.14 Å². The Morgan fingerprint density at radius 1 is 0.967 bits per heavy atom. The second-order valence-electron chi connectivity index (χ2n) is 6.92. The first-order valence-electron chi connectivity index (χ1n) is 9.26. The molecule has 0 unspecified atom stereocenters. The van der Waals surface area contributed by atoms with E-state index in [-0.39, 0.29) is 27.5 Å². The average molecular weight is 422 g/mol. The smallest absolute Gasteiger partial charge is 0.238 e. The fraction of sp³-hybridized carbons (Fsp3) is 0.0870. The van der Waals surface area contributed by atoms with Crippen LogP contribution < -0.4 is 5.14 Å². The highest BCUT2D eigenvalue weighted by Crippen LogP contribution is 2.38. The second-order valence-corrected chi connectivity index (χ2v) is 8.45. The predicted octanol–water partition coefficient (Wildman–Crippen LogP) is 4.69. The first kappa shape index (κ1) is 20.0. The number of halogens is 1. The van der Waals surface area contributed by atoms with Crippen molar-refractivity contribution >= 4 is 10.0 Å². The molecule has 0 spiro atoms. The van der Waals surface area contributed by atoms with E-state index in [2.05, 4.69) is 4.98 Å². The molecular formula is C23H19FN2O3S. The van der Waals surface area contributed by atoms with E-state index in [0.29, 0.717) is 17.9 Å². The van der Waals surface area contributed by atoms with Crippen molar-refractivity contribution in [3.8, 4) is 22.6 Å². The van der Waals surface area contributed by atoms with Gasteiger partial charge in [0, 0.05) is 17.5 Å². The molecular weight excluding hydrogens is 403 g/mol. The van der Waals surface area contributed by atoms with Crippen LogP contribution in [0.3, 0.4) is 0 Å². The third-order valence-electron chi connectivity index (χ3n) is 4.77. The molecule has 0 aliphatic heterocycles. The molecule has 30 heavy (non-hydrogen) atoms. The number of hydrogen-bond donors (Lipinski definition) is 1. The number of rotatable bonds is 5. The van der Waals surface area contributed by atoms with Gasteiger partial charge < -0.3 is 4.42 Å². The molecule has 2 N–H and O–H groups in total. The van der Waals surface area contributed by atoms with Crippen molar-refractivity contribution in [2.75, 3.05) is 0 Å². The van der Waals surface area contributed by atoms with Gasteiger partial charge in [0.1, 0.15) is 11.5 Å². The lowest BCUT2D eigenvalue weighted by Crippen LogP contribution is -2.13. The van der Waals surface area contributed by atoms with Gasteiger partial charge in [-0.15, -0.1) is 0 Å². The molecule has 0 aliphatic rings. The molecule has 1 aromatic heterocycles. The van der Waals surface area contributed by atoms with Gasteiger partial charge in [0.05, 0.1) is 4.90 Å². The van der Waals surface area contributed by atoms with E-state index in [1.165, 1.54) is 12.1 Å². The molecule has 0 bridgehead atoms. The number of hydrogen-bond acceptors (Lipinski definition) is 4. The van der Waals surface area contributed by atoms with E-state index >= 15 is 0 Å². The van der Waals surface area contributed by atoms with Gasteiger partial charge in [0.25, 0.3) is 0 Å². The summed E-state index contributed by atoms with van der Waals surface area (Å²) in [4.78, 5) is 4.45. The van der Waals surface area contributed by atoms with Crippen LogP contribution in [-0.4, -0.2) is 13.4 Å². The van der Waals surface area contributed by atoms with Crippen LogP contribution in [0.15, 0.2) is 82.1 Å². The maximum absolute atomic E-state index is 14.8.